The largest absolute Gasteiger partial charge is 0.497 e. The highest BCUT2D eigenvalue weighted by Gasteiger charge is 2.21. The van der Waals surface area contributed by atoms with Gasteiger partial charge in [0, 0.05) is 44.4 Å². The molecule has 1 heterocycles. The highest BCUT2D eigenvalue weighted by atomic mass is 35.5. The number of carbonyl (C=O) groups excluding carboxylic acids is 2. The van der Waals surface area contributed by atoms with Crippen LogP contribution in [-0.2, 0) is 16.0 Å². The number of halogens is 1. The molecule has 0 atom stereocenters. The lowest BCUT2D eigenvalue weighted by Gasteiger charge is -2.22. The number of nitro benzene ring substituents is 1. The molecule has 33 heavy (non-hydrogen) atoms. The van der Waals surface area contributed by atoms with Crippen molar-refractivity contribution in [2.75, 3.05) is 45.2 Å². The summed E-state index contributed by atoms with van der Waals surface area (Å²) >= 11 is 5.81. The first kappa shape index (κ1) is 24.5. The summed E-state index contributed by atoms with van der Waals surface area (Å²) in [5.41, 5.74) is 1.15. The maximum Gasteiger partial charge on any atom is 0.289 e. The number of hydrogen-bond donors (Lipinski definition) is 1. The van der Waals surface area contributed by atoms with Gasteiger partial charge in [0.25, 0.3) is 5.69 Å². The second kappa shape index (κ2) is 11.6. The molecule has 1 saturated heterocycles. The lowest BCUT2D eigenvalue weighted by atomic mass is 10.1. The van der Waals surface area contributed by atoms with Crippen LogP contribution in [0.15, 0.2) is 42.5 Å². The fourth-order valence-corrected chi connectivity index (χ4v) is 3.90. The van der Waals surface area contributed by atoms with Crippen molar-refractivity contribution in [1.29, 1.82) is 0 Å². The quantitative estimate of drug-likeness (QED) is 0.464. The van der Waals surface area contributed by atoms with Gasteiger partial charge in [-0.2, -0.15) is 0 Å². The Morgan fingerprint density at radius 3 is 2.58 bits per heavy atom. The van der Waals surface area contributed by atoms with Crippen LogP contribution in [0.4, 0.5) is 11.4 Å². The third kappa shape index (κ3) is 7.16. The van der Waals surface area contributed by atoms with Gasteiger partial charge >= 0.3 is 0 Å². The van der Waals surface area contributed by atoms with E-state index in [0.29, 0.717) is 44.7 Å². The number of ether oxygens (including phenoxy) is 1. The number of hydrogen-bond acceptors (Lipinski definition) is 6. The summed E-state index contributed by atoms with van der Waals surface area (Å²) in [6, 6.07) is 11.9. The van der Waals surface area contributed by atoms with E-state index in [1.165, 1.54) is 18.2 Å². The van der Waals surface area contributed by atoms with Crippen molar-refractivity contribution >= 4 is 34.8 Å². The van der Waals surface area contributed by atoms with Gasteiger partial charge in [-0.3, -0.25) is 24.6 Å². The van der Waals surface area contributed by atoms with E-state index in [2.05, 4.69) is 5.32 Å². The van der Waals surface area contributed by atoms with Gasteiger partial charge < -0.3 is 15.0 Å². The first-order chi connectivity index (χ1) is 15.9. The van der Waals surface area contributed by atoms with Crippen LogP contribution in [-0.4, -0.2) is 66.4 Å². The molecule has 2 aromatic rings. The monoisotopic (exact) mass is 474 g/mol. The molecule has 0 bridgehead atoms. The van der Waals surface area contributed by atoms with Crippen molar-refractivity contribution < 1.29 is 19.2 Å². The molecule has 2 amide bonds. The maximum absolute atomic E-state index is 12.7. The number of aryl methyl sites for hydroxylation is 1. The van der Waals surface area contributed by atoms with E-state index >= 15 is 0 Å². The van der Waals surface area contributed by atoms with Gasteiger partial charge in [-0.25, -0.2) is 0 Å². The molecular formula is C23H27ClN4O5. The van der Waals surface area contributed by atoms with Gasteiger partial charge in [0.1, 0.15) is 10.8 Å². The van der Waals surface area contributed by atoms with Crippen LogP contribution in [0.25, 0.3) is 0 Å². The molecule has 0 aliphatic carbocycles. The number of nitro groups is 1. The van der Waals surface area contributed by atoms with Crippen LogP contribution in [0, 0.1) is 10.1 Å². The van der Waals surface area contributed by atoms with E-state index in [0.717, 1.165) is 17.7 Å². The average molecular weight is 475 g/mol. The summed E-state index contributed by atoms with van der Waals surface area (Å²) in [6.07, 6.45) is 1.87. The minimum Gasteiger partial charge on any atom is -0.497 e. The lowest BCUT2D eigenvalue weighted by molar-refractivity contribution is -0.384. The van der Waals surface area contributed by atoms with Crippen LogP contribution in [0.3, 0.4) is 0 Å². The Morgan fingerprint density at radius 1 is 1.12 bits per heavy atom. The van der Waals surface area contributed by atoms with Crippen LogP contribution in [0.1, 0.15) is 18.4 Å². The smallest absolute Gasteiger partial charge is 0.289 e. The van der Waals surface area contributed by atoms with Crippen molar-refractivity contribution in [3.8, 4) is 5.75 Å². The highest BCUT2D eigenvalue weighted by Crippen LogP contribution is 2.27. The molecule has 176 valence electrons. The first-order valence-corrected chi connectivity index (χ1v) is 11.1. The predicted molar refractivity (Wildman–Crippen MR) is 126 cm³/mol. The number of anilines is 1. The fourth-order valence-electron chi connectivity index (χ4n) is 3.71. The molecule has 1 aliphatic heterocycles. The van der Waals surface area contributed by atoms with Crippen molar-refractivity contribution in [3.05, 3.63) is 63.2 Å². The number of rotatable bonds is 8. The normalized spacial score (nSPS) is 14.4. The van der Waals surface area contributed by atoms with Crippen LogP contribution >= 0.6 is 11.6 Å². The Labute approximate surface area is 197 Å². The van der Waals surface area contributed by atoms with Gasteiger partial charge in [0.05, 0.1) is 18.6 Å². The Morgan fingerprint density at radius 2 is 1.88 bits per heavy atom. The highest BCUT2D eigenvalue weighted by molar-refractivity contribution is 6.32. The average Bonchev–Trinajstić information content (AvgIpc) is 3.04. The van der Waals surface area contributed by atoms with E-state index in [-0.39, 0.29) is 29.1 Å². The van der Waals surface area contributed by atoms with Gasteiger partial charge in [0.2, 0.25) is 11.8 Å². The summed E-state index contributed by atoms with van der Waals surface area (Å²) in [5, 5.41) is 13.7. The number of benzene rings is 2. The molecule has 0 saturated carbocycles. The SMILES string of the molecule is COc1ccc(CCC(=O)N2CCCN(CC(=O)Nc3ccc(Cl)c([N+](=O)[O-])c3)CC2)cc1. The zero-order chi connectivity index (χ0) is 23.8. The molecular weight excluding hydrogens is 448 g/mol. The standard InChI is InChI=1S/C23H27ClN4O5/c1-33-19-7-3-17(4-8-19)5-10-23(30)27-12-2-11-26(13-14-27)16-22(29)25-18-6-9-20(24)21(15-18)28(31)32/h3-4,6-9,15H,2,5,10-14,16H2,1H3,(H,25,29). The van der Waals surface area contributed by atoms with Crippen LogP contribution < -0.4 is 10.1 Å². The van der Waals surface area contributed by atoms with Crippen LogP contribution in [0.5, 0.6) is 5.75 Å². The minimum atomic E-state index is -0.590. The molecule has 0 spiro atoms. The number of carbonyl (C=O) groups is 2. The summed E-state index contributed by atoms with van der Waals surface area (Å²) in [7, 11) is 1.62. The van der Waals surface area contributed by atoms with Crippen molar-refractivity contribution in [1.82, 2.24) is 9.80 Å². The second-order valence-electron chi connectivity index (χ2n) is 7.83. The number of methoxy groups -OCH3 is 1. The van der Waals surface area contributed by atoms with E-state index in [9.17, 15) is 19.7 Å². The summed E-state index contributed by atoms with van der Waals surface area (Å²) in [6.45, 7) is 2.63. The van der Waals surface area contributed by atoms with Crippen molar-refractivity contribution in [3.63, 3.8) is 0 Å². The number of nitrogens with one attached hydrogen (secondary N) is 1. The molecule has 1 aliphatic rings. The second-order valence-corrected chi connectivity index (χ2v) is 8.24. The molecule has 0 unspecified atom stereocenters. The number of nitrogens with zero attached hydrogens (tertiary/aromatic N) is 3. The van der Waals surface area contributed by atoms with Gasteiger partial charge in [-0.15, -0.1) is 0 Å². The van der Waals surface area contributed by atoms with Crippen LogP contribution in [0.2, 0.25) is 5.02 Å². The molecule has 1 fully saturated rings. The fraction of sp³-hybridized carbons (Fsp3) is 0.391. The summed E-state index contributed by atoms with van der Waals surface area (Å²) in [4.78, 5) is 39.4. The number of amides is 2. The topological polar surface area (TPSA) is 105 Å². The van der Waals surface area contributed by atoms with Gasteiger partial charge in [-0.1, -0.05) is 23.7 Å². The maximum atomic E-state index is 12.7. The Balaban J connectivity index is 1.46. The van der Waals surface area contributed by atoms with E-state index in [1.54, 1.807) is 7.11 Å². The van der Waals surface area contributed by atoms with Crippen molar-refractivity contribution in [2.45, 2.75) is 19.3 Å². The third-order valence-electron chi connectivity index (χ3n) is 5.52. The zero-order valence-electron chi connectivity index (χ0n) is 18.5. The third-order valence-corrected chi connectivity index (χ3v) is 5.84. The Bertz CT molecular complexity index is 999. The zero-order valence-corrected chi connectivity index (χ0v) is 19.2. The molecule has 9 nitrogen and oxygen atoms in total. The van der Waals surface area contributed by atoms with E-state index in [4.69, 9.17) is 16.3 Å². The predicted octanol–water partition coefficient (Wildman–Crippen LogP) is 3.36. The first-order valence-electron chi connectivity index (χ1n) is 10.7. The van der Waals surface area contributed by atoms with Crippen molar-refractivity contribution in [2.24, 2.45) is 0 Å². The van der Waals surface area contributed by atoms with E-state index in [1.807, 2.05) is 34.1 Å². The molecule has 10 heteroatoms. The van der Waals surface area contributed by atoms with E-state index < -0.39 is 4.92 Å². The molecule has 0 aromatic heterocycles. The molecule has 1 N–H and O–H groups in total. The van der Waals surface area contributed by atoms with Gasteiger partial charge in [0.15, 0.2) is 0 Å². The summed E-state index contributed by atoms with van der Waals surface area (Å²) in [5.74, 6) is 0.618. The molecule has 3 rings (SSSR count). The molecule has 2 aromatic carbocycles. The summed E-state index contributed by atoms with van der Waals surface area (Å²) < 4.78 is 5.15. The molecule has 0 radical (unpaired) electrons. The Hall–Kier alpha value is -3.17. The minimum absolute atomic E-state index is 0.0160. The van der Waals surface area contributed by atoms with Gasteiger partial charge in [-0.05, 0) is 42.7 Å². The Kier molecular flexibility index (Phi) is 8.62. The lowest BCUT2D eigenvalue weighted by Crippen LogP contribution is -2.38.